The van der Waals surface area contributed by atoms with Crippen molar-refractivity contribution >= 4 is 38.4 Å². The molecule has 0 unspecified atom stereocenters. The minimum atomic E-state index is -3.33. The average molecular weight is 400 g/mol. The van der Waals surface area contributed by atoms with Crippen molar-refractivity contribution < 1.29 is 18.0 Å². The van der Waals surface area contributed by atoms with E-state index in [-0.39, 0.29) is 18.2 Å². The molecule has 9 heteroatoms. The molecule has 0 atom stereocenters. The normalized spacial score (nSPS) is 11.4. The van der Waals surface area contributed by atoms with Crippen LogP contribution in [0.3, 0.4) is 0 Å². The second kappa shape index (κ2) is 7.81. The first-order chi connectivity index (χ1) is 13.3. The van der Waals surface area contributed by atoms with Crippen molar-refractivity contribution in [2.24, 2.45) is 0 Å². The number of hydrogen-bond acceptors (Lipinski definition) is 5. The number of nitrogens with zero attached hydrogens (tertiary/aromatic N) is 2. The van der Waals surface area contributed by atoms with E-state index in [1.165, 1.54) is 7.05 Å². The molecular weight excluding hydrogens is 380 g/mol. The molecular formula is C19H20N4O4S. The second-order valence-corrected chi connectivity index (χ2v) is 8.49. The van der Waals surface area contributed by atoms with Crippen LogP contribution in [0.25, 0.3) is 11.0 Å². The lowest BCUT2D eigenvalue weighted by Gasteiger charge is -2.12. The topological polar surface area (TPSA) is 110 Å². The van der Waals surface area contributed by atoms with Gasteiger partial charge in [-0.3, -0.25) is 9.59 Å². The van der Waals surface area contributed by atoms with Crippen molar-refractivity contribution in [1.82, 2.24) is 14.9 Å². The van der Waals surface area contributed by atoms with Crippen molar-refractivity contribution in [1.29, 1.82) is 0 Å². The molecule has 0 bridgehead atoms. The maximum Gasteiger partial charge on any atom is 0.253 e. The number of carbonyl (C=O) groups excluding carboxylic acids is 2. The minimum Gasteiger partial charge on any atom is -0.355 e. The molecule has 2 N–H and O–H groups in total. The zero-order valence-corrected chi connectivity index (χ0v) is 16.3. The summed E-state index contributed by atoms with van der Waals surface area (Å²) >= 11 is 0. The molecule has 2 aromatic carbocycles. The van der Waals surface area contributed by atoms with Gasteiger partial charge in [0.1, 0.15) is 18.1 Å². The Bertz CT molecular complexity index is 1150. The van der Waals surface area contributed by atoms with Crippen LogP contribution in [0.4, 0.5) is 5.69 Å². The lowest BCUT2D eigenvalue weighted by Crippen LogP contribution is -2.24. The van der Waals surface area contributed by atoms with Crippen LogP contribution in [0.1, 0.15) is 16.2 Å². The summed E-state index contributed by atoms with van der Waals surface area (Å²) in [6.45, 7) is -0.132. The average Bonchev–Trinajstić information content (AvgIpc) is 2.97. The molecule has 8 nitrogen and oxygen atoms in total. The van der Waals surface area contributed by atoms with E-state index >= 15 is 0 Å². The molecule has 3 aromatic rings. The molecule has 0 aliphatic carbocycles. The molecule has 0 saturated carbocycles. The van der Waals surface area contributed by atoms with Gasteiger partial charge in [-0.25, -0.2) is 13.4 Å². The van der Waals surface area contributed by atoms with Gasteiger partial charge in [-0.2, -0.15) is 0 Å². The second-order valence-electron chi connectivity index (χ2n) is 6.35. The van der Waals surface area contributed by atoms with Crippen molar-refractivity contribution in [3.8, 4) is 0 Å². The highest BCUT2D eigenvalue weighted by Crippen LogP contribution is 2.19. The van der Waals surface area contributed by atoms with E-state index in [9.17, 15) is 18.0 Å². The van der Waals surface area contributed by atoms with E-state index in [4.69, 9.17) is 0 Å². The first-order valence-corrected chi connectivity index (χ1v) is 10.6. The summed E-state index contributed by atoms with van der Waals surface area (Å²) in [6.07, 6.45) is 1.12. The third-order valence-electron chi connectivity index (χ3n) is 4.10. The van der Waals surface area contributed by atoms with Crippen LogP contribution in [0.5, 0.6) is 0 Å². The van der Waals surface area contributed by atoms with Gasteiger partial charge in [-0.05, 0) is 24.3 Å². The number of anilines is 1. The van der Waals surface area contributed by atoms with Crippen molar-refractivity contribution in [2.45, 2.75) is 12.3 Å². The fourth-order valence-corrected chi connectivity index (χ4v) is 3.59. The Hall–Kier alpha value is -3.20. The van der Waals surface area contributed by atoms with E-state index < -0.39 is 15.7 Å². The number of imidazole rings is 1. The molecule has 0 aliphatic heterocycles. The van der Waals surface area contributed by atoms with Crippen LogP contribution in [-0.4, -0.2) is 43.1 Å². The van der Waals surface area contributed by atoms with Crippen molar-refractivity contribution in [2.75, 3.05) is 18.6 Å². The summed E-state index contributed by atoms with van der Waals surface area (Å²) < 4.78 is 25.1. The highest BCUT2D eigenvalue weighted by atomic mass is 32.2. The summed E-state index contributed by atoms with van der Waals surface area (Å²) in [4.78, 5) is 29.0. The fraction of sp³-hybridized carbons (Fsp3) is 0.211. The summed E-state index contributed by atoms with van der Waals surface area (Å²) in [6, 6.07) is 13.8. The lowest BCUT2D eigenvalue weighted by atomic mass is 10.1. The van der Waals surface area contributed by atoms with Gasteiger partial charge in [-0.15, -0.1) is 0 Å². The third kappa shape index (κ3) is 4.37. The van der Waals surface area contributed by atoms with Gasteiger partial charge < -0.3 is 15.2 Å². The molecule has 1 aromatic heterocycles. The lowest BCUT2D eigenvalue weighted by molar-refractivity contribution is -0.116. The monoisotopic (exact) mass is 400 g/mol. The van der Waals surface area contributed by atoms with Crippen LogP contribution in [-0.2, 0) is 26.9 Å². The number of amides is 2. The number of rotatable bonds is 6. The van der Waals surface area contributed by atoms with Crippen molar-refractivity contribution in [3.63, 3.8) is 0 Å². The van der Waals surface area contributed by atoms with Gasteiger partial charge in [0.15, 0.2) is 9.84 Å². The third-order valence-corrected chi connectivity index (χ3v) is 4.88. The number of sulfone groups is 1. The molecule has 0 radical (unpaired) electrons. The van der Waals surface area contributed by atoms with Crippen LogP contribution in [0.2, 0.25) is 0 Å². The molecule has 1 heterocycles. The summed E-state index contributed by atoms with van der Waals surface area (Å²) in [7, 11) is -1.82. The Morgan fingerprint density at radius 3 is 2.46 bits per heavy atom. The summed E-state index contributed by atoms with van der Waals surface area (Å²) in [5.74, 6) is -0.696. The van der Waals surface area contributed by atoms with E-state index in [2.05, 4.69) is 15.6 Å². The highest BCUT2D eigenvalue weighted by Gasteiger charge is 2.18. The quantitative estimate of drug-likeness (QED) is 0.653. The molecule has 0 aliphatic rings. The molecule has 28 heavy (non-hydrogen) atoms. The van der Waals surface area contributed by atoms with E-state index in [0.29, 0.717) is 28.1 Å². The molecule has 146 valence electrons. The molecule has 3 rings (SSSR count). The number of benzene rings is 2. The highest BCUT2D eigenvalue weighted by molar-refractivity contribution is 7.89. The zero-order valence-electron chi connectivity index (χ0n) is 15.5. The number of fused-ring (bicyclic) bond motifs is 1. The van der Waals surface area contributed by atoms with Crippen LogP contribution in [0, 0.1) is 0 Å². The Balaban J connectivity index is 1.92. The number of carbonyl (C=O) groups is 2. The van der Waals surface area contributed by atoms with Gasteiger partial charge >= 0.3 is 0 Å². The summed E-state index contributed by atoms with van der Waals surface area (Å²) in [5.41, 5.74) is 1.99. The maximum absolute atomic E-state index is 12.7. The van der Waals surface area contributed by atoms with Crippen LogP contribution < -0.4 is 10.6 Å². The predicted octanol–water partition coefficient (Wildman–Crippen LogP) is 1.58. The standard InChI is InChI=1S/C19H20N4O4S/c1-20-19(25)13-7-3-4-8-14(13)22-18(24)11-23-16-10-6-5-9-15(16)21-17(23)12-28(2,26)27/h3-10H,11-12H2,1-2H3,(H,20,25)(H,22,24). The molecule has 0 spiro atoms. The number of hydrogen-bond donors (Lipinski definition) is 2. The van der Waals surface area contributed by atoms with Gasteiger partial charge in [0.25, 0.3) is 5.91 Å². The fourth-order valence-electron chi connectivity index (χ4n) is 2.90. The van der Waals surface area contributed by atoms with E-state index in [0.717, 1.165) is 6.26 Å². The van der Waals surface area contributed by atoms with E-state index in [1.807, 2.05) is 0 Å². The van der Waals surface area contributed by atoms with Crippen LogP contribution >= 0.6 is 0 Å². The first-order valence-electron chi connectivity index (χ1n) is 8.51. The SMILES string of the molecule is CNC(=O)c1ccccc1NC(=O)Cn1c(CS(C)(=O)=O)nc2ccccc21. The minimum absolute atomic E-state index is 0.132. The Morgan fingerprint density at radius 2 is 1.75 bits per heavy atom. The first kappa shape index (κ1) is 19.6. The van der Waals surface area contributed by atoms with Crippen LogP contribution in [0.15, 0.2) is 48.5 Å². The molecule has 2 amide bonds. The number of para-hydroxylation sites is 3. The Kier molecular flexibility index (Phi) is 5.46. The smallest absolute Gasteiger partial charge is 0.253 e. The maximum atomic E-state index is 12.7. The zero-order chi connectivity index (χ0) is 20.3. The Morgan fingerprint density at radius 1 is 1.07 bits per heavy atom. The number of aromatic nitrogens is 2. The van der Waals surface area contributed by atoms with Gasteiger partial charge in [-0.1, -0.05) is 24.3 Å². The predicted molar refractivity (Wildman–Crippen MR) is 107 cm³/mol. The van der Waals surface area contributed by atoms with Gasteiger partial charge in [0.2, 0.25) is 5.91 Å². The molecule has 0 fully saturated rings. The molecule has 0 saturated heterocycles. The Labute approximate surface area is 162 Å². The number of nitrogens with one attached hydrogen (secondary N) is 2. The van der Waals surface area contributed by atoms with Crippen molar-refractivity contribution in [3.05, 3.63) is 59.9 Å². The van der Waals surface area contributed by atoms with Gasteiger partial charge in [0.05, 0.1) is 22.3 Å². The van der Waals surface area contributed by atoms with Gasteiger partial charge in [0, 0.05) is 13.3 Å². The summed E-state index contributed by atoms with van der Waals surface area (Å²) in [5, 5.41) is 5.25. The largest absolute Gasteiger partial charge is 0.355 e. The van der Waals surface area contributed by atoms with E-state index in [1.54, 1.807) is 53.1 Å².